The van der Waals surface area contributed by atoms with E-state index in [9.17, 15) is 19.5 Å². The number of rotatable bonds is 11. The molecule has 0 spiro atoms. The van der Waals surface area contributed by atoms with Gasteiger partial charge in [0.2, 0.25) is 11.8 Å². The largest absolute Gasteiger partial charge is 0.480 e. The first-order valence-electron chi connectivity index (χ1n) is 9.19. The minimum absolute atomic E-state index is 0.00692. The topological polar surface area (TPSA) is 122 Å². The van der Waals surface area contributed by atoms with E-state index < -0.39 is 30.0 Å². The number of aliphatic carboxylic acids is 1. The van der Waals surface area contributed by atoms with Gasteiger partial charge in [-0.3, -0.25) is 9.59 Å². The maximum atomic E-state index is 12.6. The van der Waals surface area contributed by atoms with E-state index in [0.29, 0.717) is 12.8 Å². The van der Waals surface area contributed by atoms with Crippen molar-refractivity contribution in [2.75, 3.05) is 0 Å². The summed E-state index contributed by atoms with van der Waals surface area (Å²) in [6, 6.07) is -2.49. The molecule has 0 bridgehead atoms. The van der Waals surface area contributed by atoms with Gasteiger partial charge in [-0.25, -0.2) is 4.79 Å². The quantitative estimate of drug-likeness (QED) is 0.446. The number of amides is 2. The summed E-state index contributed by atoms with van der Waals surface area (Å²) in [5, 5.41) is 14.6. The molecule has 0 saturated carbocycles. The van der Waals surface area contributed by atoms with Gasteiger partial charge in [-0.05, 0) is 17.8 Å². The van der Waals surface area contributed by atoms with Gasteiger partial charge in [0.1, 0.15) is 12.1 Å². The van der Waals surface area contributed by atoms with Crippen LogP contribution in [0.2, 0.25) is 0 Å². The van der Waals surface area contributed by atoms with Crippen molar-refractivity contribution in [3.63, 3.8) is 0 Å². The third-order valence-corrected chi connectivity index (χ3v) is 5.13. The van der Waals surface area contributed by atoms with Crippen molar-refractivity contribution in [2.24, 2.45) is 23.5 Å². The SMILES string of the molecule is CC[C@@H](C)[C@H](NC(=O)[C@@H](NC(=O)[C@H](N)[C@@H](C)CC)[C@@H](C)CC)C(=O)O. The van der Waals surface area contributed by atoms with Crippen molar-refractivity contribution in [1.82, 2.24) is 10.6 Å². The number of carbonyl (C=O) groups is 3. The predicted molar refractivity (Wildman–Crippen MR) is 97.8 cm³/mol. The van der Waals surface area contributed by atoms with Crippen molar-refractivity contribution < 1.29 is 19.5 Å². The second-order valence-corrected chi connectivity index (χ2v) is 6.99. The fourth-order valence-corrected chi connectivity index (χ4v) is 2.39. The van der Waals surface area contributed by atoms with Crippen molar-refractivity contribution >= 4 is 17.8 Å². The van der Waals surface area contributed by atoms with E-state index in [-0.39, 0.29) is 23.7 Å². The number of carboxylic acid groups (broad SMARTS) is 1. The highest BCUT2D eigenvalue weighted by Gasteiger charge is 2.33. The number of nitrogens with two attached hydrogens (primary N) is 1. The lowest BCUT2D eigenvalue weighted by Gasteiger charge is -2.29. The predicted octanol–water partition coefficient (Wildman–Crippen LogP) is 1.51. The molecule has 0 aromatic heterocycles. The first-order valence-corrected chi connectivity index (χ1v) is 9.19. The second kappa shape index (κ2) is 11.1. The van der Waals surface area contributed by atoms with E-state index in [4.69, 9.17) is 5.73 Å². The maximum absolute atomic E-state index is 12.6. The summed E-state index contributed by atoms with van der Waals surface area (Å²) in [6.45, 7) is 11.2. The molecule has 0 rings (SSSR count). The summed E-state index contributed by atoms with van der Waals surface area (Å²) in [4.78, 5) is 36.4. The van der Waals surface area contributed by atoms with Gasteiger partial charge in [-0.2, -0.15) is 0 Å². The third-order valence-electron chi connectivity index (χ3n) is 5.13. The minimum Gasteiger partial charge on any atom is -0.480 e. The van der Waals surface area contributed by atoms with Crippen LogP contribution in [0, 0.1) is 17.8 Å². The summed E-state index contributed by atoms with van der Waals surface area (Å²) < 4.78 is 0. The molecule has 0 aliphatic rings. The summed E-state index contributed by atoms with van der Waals surface area (Å²) in [5.74, 6) is -2.30. The molecule has 0 heterocycles. The van der Waals surface area contributed by atoms with Crippen LogP contribution in [0.1, 0.15) is 60.8 Å². The van der Waals surface area contributed by atoms with Crippen molar-refractivity contribution in [1.29, 1.82) is 0 Å². The van der Waals surface area contributed by atoms with Crippen LogP contribution in [0.4, 0.5) is 0 Å². The Morgan fingerprint density at radius 3 is 1.60 bits per heavy atom. The molecule has 6 atom stereocenters. The minimum atomic E-state index is -1.08. The number of nitrogens with one attached hydrogen (secondary N) is 2. The average Bonchev–Trinajstić information content (AvgIpc) is 2.60. The Kier molecular flexibility index (Phi) is 10.4. The van der Waals surface area contributed by atoms with Crippen LogP contribution in [0.3, 0.4) is 0 Å². The van der Waals surface area contributed by atoms with Crippen LogP contribution in [0.5, 0.6) is 0 Å². The molecule has 0 aromatic carbocycles. The molecule has 2 amide bonds. The fraction of sp³-hybridized carbons (Fsp3) is 0.833. The molecule has 25 heavy (non-hydrogen) atoms. The lowest BCUT2D eigenvalue weighted by atomic mass is 9.94. The van der Waals surface area contributed by atoms with E-state index in [1.165, 1.54) is 0 Å². The van der Waals surface area contributed by atoms with Crippen LogP contribution in [0.25, 0.3) is 0 Å². The zero-order valence-corrected chi connectivity index (χ0v) is 16.3. The molecule has 0 radical (unpaired) electrons. The number of carboxylic acids is 1. The van der Waals surface area contributed by atoms with Gasteiger partial charge in [-0.15, -0.1) is 0 Å². The molecular formula is C18H35N3O4. The first kappa shape index (κ1) is 23.4. The summed E-state index contributed by atoms with van der Waals surface area (Å²) in [5.41, 5.74) is 5.94. The summed E-state index contributed by atoms with van der Waals surface area (Å²) in [6.07, 6.45) is 2.04. The zero-order valence-electron chi connectivity index (χ0n) is 16.3. The lowest BCUT2D eigenvalue weighted by Crippen LogP contribution is -2.58. The molecule has 146 valence electrons. The molecule has 5 N–H and O–H groups in total. The fourth-order valence-electron chi connectivity index (χ4n) is 2.39. The van der Waals surface area contributed by atoms with Gasteiger partial charge >= 0.3 is 5.97 Å². The molecule has 0 unspecified atom stereocenters. The third kappa shape index (κ3) is 7.02. The maximum Gasteiger partial charge on any atom is 0.326 e. The van der Waals surface area contributed by atoms with Gasteiger partial charge in [0.15, 0.2) is 0 Å². The highest BCUT2D eigenvalue weighted by Crippen LogP contribution is 2.13. The zero-order chi connectivity index (χ0) is 19.7. The molecule has 0 fully saturated rings. The number of hydrogen-bond acceptors (Lipinski definition) is 4. The van der Waals surface area contributed by atoms with Crippen molar-refractivity contribution in [2.45, 2.75) is 78.9 Å². The van der Waals surface area contributed by atoms with Crippen LogP contribution in [-0.2, 0) is 14.4 Å². The van der Waals surface area contributed by atoms with Crippen LogP contribution >= 0.6 is 0 Å². The Bertz CT molecular complexity index is 456. The Labute approximate surface area is 151 Å². The van der Waals surface area contributed by atoms with Crippen LogP contribution < -0.4 is 16.4 Å². The molecule has 0 aliphatic carbocycles. The highest BCUT2D eigenvalue weighted by molar-refractivity contribution is 5.92. The van der Waals surface area contributed by atoms with E-state index in [2.05, 4.69) is 10.6 Å². The first-order chi connectivity index (χ1) is 11.6. The van der Waals surface area contributed by atoms with Crippen LogP contribution in [-0.4, -0.2) is 41.0 Å². The van der Waals surface area contributed by atoms with Gasteiger partial charge < -0.3 is 21.5 Å². The molecule has 0 saturated heterocycles. The Morgan fingerprint density at radius 1 is 0.800 bits per heavy atom. The molecule has 0 aromatic rings. The van der Waals surface area contributed by atoms with Gasteiger partial charge in [-0.1, -0.05) is 60.8 Å². The Morgan fingerprint density at radius 2 is 1.20 bits per heavy atom. The van der Waals surface area contributed by atoms with Crippen molar-refractivity contribution in [3.05, 3.63) is 0 Å². The Hall–Kier alpha value is -1.63. The smallest absolute Gasteiger partial charge is 0.326 e. The highest BCUT2D eigenvalue weighted by atomic mass is 16.4. The van der Waals surface area contributed by atoms with E-state index in [0.717, 1.165) is 6.42 Å². The number of carbonyl (C=O) groups excluding carboxylic acids is 2. The normalized spacial score (nSPS) is 18.4. The summed E-state index contributed by atoms with van der Waals surface area (Å²) >= 11 is 0. The van der Waals surface area contributed by atoms with Gasteiger partial charge in [0, 0.05) is 0 Å². The standard InChI is InChI=1S/C18H35N3O4/c1-7-10(4)13(19)16(22)20-14(11(5)8-2)17(23)21-15(18(24)25)12(6)9-3/h10-15H,7-9,19H2,1-6H3,(H,20,22)(H,21,23)(H,24,25)/t10-,11-,12+,13+,14-,15-/m0/s1. The van der Waals surface area contributed by atoms with E-state index in [1.54, 1.807) is 6.92 Å². The van der Waals surface area contributed by atoms with Gasteiger partial charge in [0.25, 0.3) is 0 Å². The molecular weight excluding hydrogens is 322 g/mol. The van der Waals surface area contributed by atoms with Crippen molar-refractivity contribution in [3.8, 4) is 0 Å². The number of hydrogen-bond donors (Lipinski definition) is 4. The monoisotopic (exact) mass is 357 g/mol. The van der Waals surface area contributed by atoms with Gasteiger partial charge in [0.05, 0.1) is 6.04 Å². The molecule has 7 nitrogen and oxygen atoms in total. The second-order valence-electron chi connectivity index (χ2n) is 6.99. The average molecular weight is 357 g/mol. The summed E-state index contributed by atoms with van der Waals surface area (Å²) in [7, 11) is 0. The Balaban J connectivity index is 5.23. The van der Waals surface area contributed by atoms with Crippen LogP contribution in [0.15, 0.2) is 0 Å². The molecule has 7 heteroatoms. The lowest BCUT2D eigenvalue weighted by molar-refractivity contribution is -0.144. The molecule has 0 aliphatic heterocycles. The van der Waals surface area contributed by atoms with E-state index >= 15 is 0 Å². The van der Waals surface area contributed by atoms with E-state index in [1.807, 2.05) is 34.6 Å².